The lowest BCUT2D eigenvalue weighted by Gasteiger charge is -2.19. The van der Waals surface area contributed by atoms with Gasteiger partial charge in [-0.1, -0.05) is 6.92 Å². The first-order valence-corrected chi connectivity index (χ1v) is 10.3. The fourth-order valence-corrected chi connectivity index (χ4v) is 3.98. The number of methoxy groups -OCH3 is 1. The van der Waals surface area contributed by atoms with Crippen LogP contribution in [0.4, 0.5) is 0 Å². The number of carbonyl (C=O) groups is 1. The van der Waals surface area contributed by atoms with E-state index in [-0.39, 0.29) is 18.0 Å². The van der Waals surface area contributed by atoms with Gasteiger partial charge in [-0.25, -0.2) is 4.98 Å². The number of nitrogens with zero attached hydrogens (tertiary/aromatic N) is 2. The SMILES string of the molecule is CCCOc1c(Br)cc(C(=O)N(C)Cc2nc3ccsc3c(=O)[nH]2)cc1OC. The number of benzene rings is 1. The molecule has 0 atom stereocenters. The average Bonchev–Trinajstić information content (AvgIpc) is 3.15. The van der Waals surface area contributed by atoms with Gasteiger partial charge in [0.25, 0.3) is 11.5 Å². The maximum atomic E-state index is 12.9. The Bertz CT molecular complexity index is 1060. The molecule has 0 saturated heterocycles. The first kappa shape index (κ1) is 20.3. The van der Waals surface area contributed by atoms with Crippen molar-refractivity contribution >= 4 is 43.4 Å². The highest BCUT2D eigenvalue weighted by Crippen LogP contribution is 2.37. The van der Waals surface area contributed by atoms with Gasteiger partial charge in [-0.2, -0.15) is 0 Å². The van der Waals surface area contributed by atoms with Crippen LogP contribution in [0.3, 0.4) is 0 Å². The van der Waals surface area contributed by atoms with Crippen LogP contribution in [0.15, 0.2) is 32.8 Å². The van der Waals surface area contributed by atoms with E-state index in [2.05, 4.69) is 25.9 Å². The van der Waals surface area contributed by atoms with E-state index in [4.69, 9.17) is 9.47 Å². The first-order chi connectivity index (χ1) is 13.4. The van der Waals surface area contributed by atoms with E-state index in [1.807, 2.05) is 12.3 Å². The molecule has 28 heavy (non-hydrogen) atoms. The lowest BCUT2D eigenvalue weighted by Crippen LogP contribution is -2.28. The second kappa shape index (κ2) is 8.74. The Balaban J connectivity index is 1.83. The molecule has 0 radical (unpaired) electrons. The lowest BCUT2D eigenvalue weighted by atomic mass is 10.1. The van der Waals surface area contributed by atoms with Crippen molar-refractivity contribution in [2.24, 2.45) is 0 Å². The molecule has 0 aliphatic carbocycles. The molecule has 7 nitrogen and oxygen atoms in total. The number of rotatable bonds is 7. The molecule has 0 aliphatic rings. The number of H-pyrrole nitrogens is 1. The number of aromatic amines is 1. The number of thiophene rings is 1. The topological polar surface area (TPSA) is 84.5 Å². The maximum Gasteiger partial charge on any atom is 0.268 e. The van der Waals surface area contributed by atoms with Gasteiger partial charge < -0.3 is 19.4 Å². The van der Waals surface area contributed by atoms with Crippen molar-refractivity contribution in [2.75, 3.05) is 20.8 Å². The largest absolute Gasteiger partial charge is 0.493 e. The van der Waals surface area contributed by atoms with Gasteiger partial charge >= 0.3 is 0 Å². The minimum atomic E-state index is -0.228. The first-order valence-electron chi connectivity index (χ1n) is 8.66. The van der Waals surface area contributed by atoms with Crippen LogP contribution in [0.5, 0.6) is 11.5 Å². The minimum absolute atomic E-state index is 0.174. The smallest absolute Gasteiger partial charge is 0.268 e. The van der Waals surface area contributed by atoms with Crippen LogP contribution in [-0.4, -0.2) is 41.5 Å². The number of fused-ring (bicyclic) bond motifs is 1. The Morgan fingerprint density at radius 3 is 2.89 bits per heavy atom. The van der Waals surface area contributed by atoms with Crippen LogP contribution >= 0.6 is 27.3 Å². The molecule has 2 heterocycles. The number of amides is 1. The highest BCUT2D eigenvalue weighted by molar-refractivity contribution is 9.10. The van der Waals surface area contributed by atoms with Gasteiger partial charge in [-0.15, -0.1) is 11.3 Å². The second-order valence-corrected chi connectivity index (χ2v) is 7.92. The molecule has 0 fully saturated rings. The lowest BCUT2D eigenvalue weighted by molar-refractivity contribution is 0.0781. The standard InChI is InChI=1S/C19H20BrN3O4S/c1-4-6-27-16-12(20)8-11(9-14(16)26-3)19(25)23(2)10-15-21-13-5-7-28-17(13)18(24)22-15/h5,7-9H,4,6,10H2,1-3H3,(H,21,22,24). The van der Waals surface area contributed by atoms with Crippen molar-refractivity contribution in [2.45, 2.75) is 19.9 Å². The molecule has 3 rings (SSSR count). The summed E-state index contributed by atoms with van der Waals surface area (Å²) in [7, 11) is 3.19. The van der Waals surface area contributed by atoms with Crippen molar-refractivity contribution in [3.05, 3.63) is 49.8 Å². The van der Waals surface area contributed by atoms with Crippen molar-refractivity contribution in [3.8, 4) is 11.5 Å². The third-order valence-electron chi connectivity index (χ3n) is 4.02. The quantitative estimate of drug-likeness (QED) is 0.573. The van der Waals surface area contributed by atoms with Crippen LogP contribution in [0, 0.1) is 0 Å². The predicted molar refractivity (Wildman–Crippen MR) is 113 cm³/mol. The van der Waals surface area contributed by atoms with E-state index >= 15 is 0 Å². The summed E-state index contributed by atoms with van der Waals surface area (Å²) in [6, 6.07) is 5.13. The molecular weight excluding hydrogens is 446 g/mol. The summed E-state index contributed by atoms with van der Waals surface area (Å²) in [4.78, 5) is 33.6. The molecular formula is C19H20BrN3O4S. The van der Waals surface area contributed by atoms with Gasteiger partial charge in [0.15, 0.2) is 11.5 Å². The van der Waals surface area contributed by atoms with E-state index in [1.165, 1.54) is 23.3 Å². The zero-order valence-electron chi connectivity index (χ0n) is 15.7. The highest BCUT2D eigenvalue weighted by Gasteiger charge is 2.19. The molecule has 0 aliphatic heterocycles. The van der Waals surface area contributed by atoms with Crippen LogP contribution in [0.1, 0.15) is 29.5 Å². The van der Waals surface area contributed by atoms with Gasteiger partial charge in [-0.05, 0) is 45.9 Å². The normalized spacial score (nSPS) is 10.9. The summed E-state index contributed by atoms with van der Waals surface area (Å²) in [5.41, 5.74) is 0.873. The number of carbonyl (C=O) groups excluding carboxylic acids is 1. The van der Waals surface area contributed by atoms with Crippen LogP contribution in [0.2, 0.25) is 0 Å². The van der Waals surface area contributed by atoms with Gasteiger partial charge in [0.05, 0.1) is 30.3 Å². The van der Waals surface area contributed by atoms with E-state index in [0.29, 0.717) is 44.2 Å². The third kappa shape index (κ3) is 4.20. The van der Waals surface area contributed by atoms with E-state index in [1.54, 1.807) is 25.2 Å². The van der Waals surface area contributed by atoms with Gasteiger partial charge in [0.1, 0.15) is 10.5 Å². The minimum Gasteiger partial charge on any atom is -0.493 e. The summed E-state index contributed by atoms with van der Waals surface area (Å²) in [6.07, 6.45) is 0.860. The molecule has 1 N–H and O–H groups in total. The van der Waals surface area contributed by atoms with Gasteiger partial charge in [0, 0.05) is 12.6 Å². The monoisotopic (exact) mass is 465 g/mol. The Labute approximate surface area is 174 Å². The fraction of sp³-hybridized carbons (Fsp3) is 0.316. The summed E-state index contributed by atoms with van der Waals surface area (Å²) >= 11 is 4.79. The summed E-state index contributed by atoms with van der Waals surface area (Å²) in [5.74, 6) is 1.25. The predicted octanol–water partition coefficient (Wildman–Crippen LogP) is 3.82. The van der Waals surface area contributed by atoms with Crippen molar-refractivity contribution in [3.63, 3.8) is 0 Å². The van der Waals surface area contributed by atoms with Gasteiger partial charge in [0.2, 0.25) is 0 Å². The Morgan fingerprint density at radius 1 is 1.39 bits per heavy atom. The number of ether oxygens (including phenoxy) is 2. The second-order valence-electron chi connectivity index (χ2n) is 6.15. The molecule has 0 bridgehead atoms. The molecule has 1 aromatic carbocycles. The molecule has 0 saturated carbocycles. The highest BCUT2D eigenvalue weighted by atomic mass is 79.9. The summed E-state index contributed by atoms with van der Waals surface area (Å²) < 4.78 is 12.3. The molecule has 0 spiro atoms. The molecule has 9 heteroatoms. The zero-order chi connectivity index (χ0) is 20.3. The van der Waals surface area contributed by atoms with Gasteiger partial charge in [-0.3, -0.25) is 9.59 Å². The van der Waals surface area contributed by atoms with Crippen molar-refractivity contribution in [1.29, 1.82) is 0 Å². The van der Waals surface area contributed by atoms with Crippen molar-refractivity contribution in [1.82, 2.24) is 14.9 Å². The number of nitrogens with one attached hydrogen (secondary N) is 1. The zero-order valence-corrected chi connectivity index (χ0v) is 18.1. The number of halogens is 1. The summed E-state index contributed by atoms with van der Waals surface area (Å²) in [5, 5.41) is 1.82. The van der Waals surface area contributed by atoms with Crippen molar-refractivity contribution < 1.29 is 14.3 Å². The fourth-order valence-electron chi connectivity index (χ4n) is 2.70. The Kier molecular flexibility index (Phi) is 6.35. The van der Waals surface area contributed by atoms with E-state index in [0.717, 1.165) is 6.42 Å². The van der Waals surface area contributed by atoms with E-state index in [9.17, 15) is 9.59 Å². The molecule has 0 unspecified atom stereocenters. The van der Waals surface area contributed by atoms with Crippen LogP contribution in [-0.2, 0) is 6.54 Å². The summed E-state index contributed by atoms with van der Waals surface area (Å²) in [6.45, 7) is 2.74. The molecule has 148 valence electrons. The molecule has 2 aromatic heterocycles. The van der Waals surface area contributed by atoms with Crippen LogP contribution < -0.4 is 15.0 Å². The van der Waals surface area contributed by atoms with Crippen LogP contribution in [0.25, 0.3) is 10.2 Å². The Hall–Kier alpha value is -2.39. The average molecular weight is 466 g/mol. The maximum absolute atomic E-state index is 12.9. The third-order valence-corrected chi connectivity index (χ3v) is 5.52. The number of hydrogen-bond donors (Lipinski definition) is 1. The van der Waals surface area contributed by atoms with E-state index < -0.39 is 0 Å². The Morgan fingerprint density at radius 2 is 2.18 bits per heavy atom. The number of aromatic nitrogens is 2. The number of hydrogen-bond acceptors (Lipinski definition) is 6. The molecule has 3 aromatic rings. The molecule has 1 amide bonds.